The van der Waals surface area contributed by atoms with Crippen LogP contribution >= 0.6 is 0 Å². The molecule has 1 heterocycles. The Morgan fingerprint density at radius 3 is 2.42 bits per heavy atom. The van der Waals surface area contributed by atoms with Crippen LogP contribution in [0.4, 0.5) is 0 Å². The first-order valence-corrected chi connectivity index (χ1v) is 6.69. The van der Waals surface area contributed by atoms with E-state index < -0.39 is 5.97 Å². The number of hydrogen-bond acceptors (Lipinski definition) is 5. The number of esters is 1. The van der Waals surface area contributed by atoms with Gasteiger partial charge in [-0.05, 0) is 38.8 Å². The Morgan fingerprint density at radius 2 is 1.89 bits per heavy atom. The number of ketones is 1. The summed E-state index contributed by atoms with van der Waals surface area (Å²) in [5.41, 5.74) is 5.16. The van der Waals surface area contributed by atoms with Crippen LogP contribution in [0.3, 0.4) is 0 Å². The number of nitrogens with two attached hydrogens (primary N) is 1. The van der Waals surface area contributed by atoms with E-state index in [4.69, 9.17) is 10.5 Å². The van der Waals surface area contributed by atoms with Crippen LogP contribution < -0.4 is 5.73 Å². The lowest BCUT2D eigenvalue weighted by Crippen LogP contribution is -2.38. The summed E-state index contributed by atoms with van der Waals surface area (Å²) in [7, 11) is 0. The van der Waals surface area contributed by atoms with Crippen LogP contribution in [-0.4, -0.2) is 48.8 Å². The SMILES string of the molecule is CCOC(=O)CC(=O)CN1CCC(CC(N)=O)CC1. The van der Waals surface area contributed by atoms with E-state index in [1.165, 1.54) is 0 Å². The molecule has 1 fully saturated rings. The Hall–Kier alpha value is -1.43. The third kappa shape index (κ3) is 6.33. The Kier molecular flexibility index (Phi) is 6.49. The molecule has 19 heavy (non-hydrogen) atoms. The van der Waals surface area contributed by atoms with Gasteiger partial charge in [0.25, 0.3) is 0 Å². The van der Waals surface area contributed by atoms with Crippen molar-refractivity contribution in [2.75, 3.05) is 26.2 Å². The number of carbonyl (C=O) groups excluding carboxylic acids is 3. The minimum Gasteiger partial charge on any atom is -0.466 e. The molecule has 1 rings (SSSR count). The number of ether oxygens (including phenoxy) is 1. The van der Waals surface area contributed by atoms with Crippen LogP contribution in [0.5, 0.6) is 0 Å². The summed E-state index contributed by atoms with van der Waals surface area (Å²) in [5.74, 6) is -0.520. The molecule has 2 N–H and O–H groups in total. The third-order valence-electron chi connectivity index (χ3n) is 3.24. The highest BCUT2D eigenvalue weighted by Crippen LogP contribution is 2.19. The maximum Gasteiger partial charge on any atom is 0.313 e. The Bertz CT molecular complexity index is 336. The van der Waals surface area contributed by atoms with E-state index in [0.717, 1.165) is 25.9 Å². The van der Waals surface area contributed by atoms with E-state index in [-0.39, 0.29) is 24.7 Å². The van der Waals surface area contributed by atoms with Crippen molar-refractivity contribution in [1.29, 1.82) is 0 Å². The maximum atomic E-state index is 11.6. The molecule has 0 saturated carbocycles. The molecule has 1 aliphatic rings. The monoisotopic (exact) mass is 270 g/mol. The van der Waals surface area contributed by atoms with Gasteiger partial charge < -0.3 is 10.5 Å². The van der Waals surface area contributed by atoms with Crippen LogP contribution in [0.25, 0.3) is 0 Å². The second-order valence-corrected chi connectivity index (χ2v) is 4.91. The first-order valence-electron chi connectivity index (χ1n) is 6.69. The smallest absolute Gasteiger partial charge is 0.313 e. The van der Waals surface area contributed by atoms with Crippen molar-refractivity contribution in [3.05, 3.63) is 0 Å². The van der Waals surface area contributed by atoms with Gasteiger partial charge in [0.05, 0.1) is 13.2 Å². The van der Waals surface area contributed by atoms with Crippen molar-refractivity contribution in [3.8, 4) is 0 Å². The fourth-order valence-electron chi connectivity index (χ4n) is 2.31. The molecule has 0 bridgehead atoms. The Labute approximate surface area is 113 Å². The van der Waals surface area contributed by atoms with Gasteiger partial charge >= 0.3 is 5.97 Å². The number of rotatable bonds is 7. The molecule has 6 nitrogen and oxygen atoms in total. The number of piperidine rings is 1. The quantitative estimate of drug-likeness (QED) is 0.523. The number of nitrogens with zero attached hydrogens (tertiary/aromatic N) is 1. The van der Waals surface area contributed by atoms with E-state index >= 15 is 0 Å². The molecule has 0 aliphatic carbocycles. The number of carbonyl (C=O) groups is 3. The van der Waals surface area contributed by atoms with Gasteiger partial charge in [0.2, 0.25) is 5.91 Å². The molecule has 0 radical (unpaired) electrons. The van der Waals surface area contributed by atoms with Crippen LogP contribution in [0.15, 0.2) is 0 Å². The molecule has 0 aromatic rings. The average molecular weight is 270 g/mol. The molecule has 6 heteroatoms. The number of likely N-dealkylation sites (tertiary alicyclic amines) is 1. The van der Waals surface area contributed by atoms with Crippen molar-refractivity contribution in [2.45, 2.75) is 32.6 Å². The largest absolute Gasteiger partial charge is 0.466 e. The molecule has 1 saturated heterocycles. The van der Waals surface area contributed by atoms with Crippen LogP contribution in [0.1, 0.15) is 32.6 Å². The number of primary amides is 1. The van der Waals surface area contributed by atoms with Crippen molar-refractivity contribution < 1.29 is 19.1 Å². The molecule has 0 aromatic carbocycles. The van der Waals surface area contributed by atoms with Gasteiger partial charge in [0.1, 0.15) is 6.42 Å². The maximum absolute atomic E-state index is 11.6. The van der Waals surface area contributed by atoms with Gasteiger partial charge in [-0.25, -0.2) is 0 Å². The Balaban J connectivity index is 2.23. The molecular weight excluding hydrogens is 248 g/mol. The van der Waals surface area contributed by atoms with Crippen LogP contribution in [0, 0.1) is 5.92 Å². The number of amides is 1. The highest BCUT2D eigenvalue weighted by Gasteiger charge is 2.22. The summed E-state index contributed by atoms with van der Waals surface area (Å²) in [6.45, 7) is 3.83. The van der Waals surface area contributed by atoms with E-state index in [9.17, 15) is 14.4 Å². The summed E-state index contributed by atoms with van der Waals surface area (Å²) in [6.07, 6.45) is 2.00. The molecule has 1 amide bonds. The van der Waals surface area contributed by atoms with Gasteiger partial charge in [0, 0.05) is 6.42 Å². The molecule has 0 atom stereocenters. The fraction of sp³-hybridized carbons (Fsp3) is 0.769. The Morgan fingerprint density at radius 1 is 1.26 bits per heavy atom. The molecule has 0 unspecified atom stereocenters. The number of hydrogen-bond donors (Lipinski definition) is 1. The fourth-order valence-corrected chi connectivity index (χ4v) is 2.31. The average Bonchev–Trinajstić information content (AvgIpc) is 2.31. The molecule has 1 aliphatic heterocycles. The minimum absolute atomic E-state index is 0.119. The zero-order valence-electron chi connectivity index (χ0n) is 11.4. The van der Waals surface area contributed by atoms with Gasteiger partial charge in [-0.2, -0.15) is 0 Å². The van der Waals surface area contributed by atoms with E-state index in [1.54, 1.807) is 6.92 Å². The van der Waals surface area contributed by atoms with Gasteiger partial charge in [-0.3, -0.25) is 19.3 Å². The van der Waals surface area contributed by atoms with E-state index in [0.29, 0.717) is 18.9 Å². The number of Topliss-reactive ketones (excluding diaryl/α,β-unsaturated/α-hetero) is 1. The van der Waals surface area contributed by atoms with Crippen LogP contribution in [0.2, 0.25) is 0 Å². The van der Waals surface area contributed by atoms with Gasteiger partial charge in [-0.1, -0.05) is 0 Å². The molecule has 0 spiro atoms. The summed E-state index contributed by atoms with van der Waals surface area (Å²) in [6, 6.07) is 0. The van der Waals surface area contributed by atoms with Crippen LogP contribution in [-0.2, 0) is 19.1 Å². The van der Waals surface area contributed by atoms with E-state index in [1.807, 2.05) is 4.90 Å². The standard InChI is InChI=1S/C13H22N2O4/c1-2-19-13(18)8-11(16)9-15-5-3-10(4-6-15)7-12(14)17/h10H,2-9H2,1H3,(H2,14,17). The van der Waals surface area contributed by atoms with Gasteiger partial charge in [-0.15, -0.1) is 0 Å². The first kappa shape index (κ1) is 15.6. The highest BCUT2D eigenvalue weighted by atomic mass is 16.5. The third-order valence-corrected chi connectivity index (χ3v) is 3.24. The summed E-state index contributed by atoms with van der Waals surface area (Å²) < 4.78 is 4.73. The lowest BCUT2D eigenvalue weighted by molar-refractivity contribution is -0.145. The lowest BCUT2D eigenvalue weighted by Gasteiger charge is -2.30. The van der Waals surface area contributed by atoms with E-state index in [2.05, 4.69) is 0 Å². The molecule has 0 aromatic heterocycles. The molecular formula is C13H22N2O4. The normalized spacial score (nSPS) is 17.1. The van der Waals surface area contributed by atoms with Gasteiger partial charge in [0.15, 0.2) is 5.78 Å². The van der Waals surface area contributed by atoms with Crippen molar-refractivity contribution in [3.63, 3.8) is 0 Å². The summed E-state index contributed by atoms with van der Waals surface area (Å²) in [5, 5.41) is 0. The zero-order chi connectivity index (χ0) is 14.3. The van der Waals surface area contributed by atoms with Crippen molar-refractivity contribution in [2.24, 2.45) is 11.7 Å². The zero-order valence-corrected chi connectivity index (χ0v) is 11.4. The van der Waals surface area contributed by atoms with Crippen molar-refractivity contribution >= 4 is 17.7 Å². The summed E-state index contributed by atoms with van der Waals surface area (Å²) >= 11 is 0. The predicted molar refractivity (Wildman–Crippen MR) is 69.2 cm³/mol. The second kappa shape index (κ2) is 7.89. The second-order valence-electron chi connectivity index (χ2n) is 4.91. The minimum atomic E-state index is -0.462. The first-order chi connectivity index (χ1) is 9.01. The highest BCUT2D eigenvalue weighted by molar-refractivity contribution is 5.96. The van der Waals surface area contributed by atoms with Crippen molar-refractivity contribution in [1.82, 2.24) is 4.90 Å². The lowest BCUT2D eigenvalue weighted by atomic mass is 9.93. The predicted octanol–water partition coefficient (Wildman–Crippen LogP) is 0.0961. The summed E-state index contributed by atoms with van der Waals surface area (Å²) in [4.78, 5) is 35.6. The molecule has 108 valence electrons. The topological polar surface area (TPSA) is 89.7 Å².